The molecule has 6 heteroatoms. The lowest BCUT2D eigenvalue weighted by molar-refractivity contribution is -0.210. The highest BCUT2D eigenvalue weighted by Crippen LogP contribution is 2.51. The predicted octanol–water partition coefficient (Wildman–Crippen LogP) is 2.76. The molecule has 1 spiro atoms. The van der Waals surface area contributed by atoms with E-state index in [1.165, 1.54) is 10.6 Å². The topological polar surface area (TPSA) is 50.0 Å². The van der Waals surface area contributed by atoms with Crippen LogP contribution < -0.4 is 0 Å². The van der Waals surface area contributed by atoms with Crippen molar-refractivity contribution in [1.29, 1.82) is 0 Å². The number of likely N-dealkylation sites (tertiary alicyclic amines) is 1. The number of hydrogen-bond donors (Lipinski definition) is 1. The van der Waals surface area contributed by atoms with Gasteiger partial charge >= 0.3 is 0 Å². The predicted molar refractivity (Wildman–Crippen MR) is 95.5 cm³/mol. The smallest absolute Gasteiger partial charge is 0.194 e. The van der Waals surface area contributed by atoms with E-state index in [4.69, 9.17) is 9.72 Å². The van der Waals surface area contributed by atoms with Crippen LogP contribution >= 0.6 is 11.3 Å². The SMILES string of the molecule is CCOC1CC(O)C12CCN(Cc1c(C)nc3sc(C)cn13)CC2. The van der Waals surface area contributed by atoms with Crippen molar-refractivity contribution in [2.75, 3.05) is 19.7 Å². The van der Waals surface area contributed by atoms with E-state index in [2.05, 4.69) is 29.3 Å². The van der Waals surface area contributed by atoms with E-state index in [0.717, 1.165) is 56.2 Å². The molecule has 2 atom stereocenters. The largest absolute Gasteiger partial charge is 0.392 e. The first-order valence-electron chi connectivity index (χ1n) is 8.99. The molecule has 5 nitrogen and oxygen atoms in total. The lowest BCUT2D eigenvalue weighted by Crippen LogP contribution is -2.62. The van der Waals surface area contributed by atoms with Crippen LogP contribution in [0.2, 0.25) is 0 Å². The van der Waals surface area contributed by atoms with Crippen molar-refractivity contribution in [3.05, 3.63) is 22.5 Å². The number of nitrogens with zero attached hydrogens (tertiary/aromatic N) is 3. The first-order chi connectivity index (χ1) is 11.5. The molecular formula is C18H27N3O2S. The first-order valence-corrected chi connectivity index (χ1v) is 9.81. The second kappa shape index (κ2) is 6.09. The fourth-order valence-corrected chi connectivity index (χ4v) is 5.35. The van der Waals surface area contributed by atoms with Crippen LogP contribution in [0.1, 0.15) is 42.5 Å². The van der Waals surface area contributed by atoms with E-state index < -0.39 is 0 Å². The standard InChI is InChI=1S/C18H27N3O2S/c1-4-23-16-9-15(22)18(16)5-7-20(8-6-18)11-14-13(3)19-17-21(14)10-12(2)24-17/h10,15-16,22H,4-9,11H2,1-3H3. The highest BCUT2D eigenvalue weighted by Gasteiger charge is 2.55. The molecule has 24 heavy (non-hydrogen) atoms. The number of hydrogen-bond acceptors (Lipinski definition) is 5. The van der Waals surface area contributed by atoms with Gasteiger partial charge in [-0.05, 0) is 46.7 Å². The van der Waals surface area contributed by atoms with Gasteiger partial charge in [0.25, 0.3) is 0 Å². The molecule has 1 aliphatic heterocycles. The molecule has 132 valence electrons. The maximum absolute atomic E-state index is 10.3. The summed E-state index contributed by atoms with van der Waals surface area (Å²) in [7, 11) is 0. The number of aryl methyl sites for hydroxylation is 2. The minimum absolute atomic E-state index is 0.00720. The highest BCUT2D eigenvalue weighted by molar-refractivity contribution is 7.17. The van der Waals surface area contributed by atoms with Crippen LogP contribution in [0.4, 0.5) is 0 Å². The van der Waals surface area contributed by atoms with Gasteiger partial charge in [-0.15, -0.1) is 11.3 Å². The second-order valence-corrected chi connectivity index (χ2v) is 8.56. The van der Waals surface area contributed by atoms with Gasteiger partial charge in [-0.1, -0.05) is 0 Å². The fourth-order valence-electron chi connectivity index (χ4n) is 4.46. The van der Waals surface area contributed by atoms with E-state index in [0.29, 0.717) is 0 Å². The van der Waals surface area contributed by atoms with Crippen LogP contribution in [0.15, 0.2) is 6.20 Å². The van der Waals surface area contributed by atoms with Crippen LogP contribution in [0, 0.1) is 19.3 Å². The maximum atomic E-state index is 10.3. The summed E-state index contributed by atoms with van der Waals surface area (Å²) in [6, 6.07) is 0. The number of thiazole rings is 1. The maximum Gasteiger partial charge on any atom is 0.194 e. The zero-order chi connectivity index (χ0) is 16.9. The lowest BCUT2D eigenvalue weighted by Gasteiger charge is -2.56. The first kappa shape index (κ1) is 16.5. The lowest BCUT2D eigenvalue weighted by atomic mass is 9.58. The summed E-state index contributed by atoms with van der Waals surface area (Å²) < 4.78 is 8.12. The molecule has 2 aromatic rings. The fraction of sp³-hybridized carbons (Fsp3) is 0.722. The number of rotatable bonds is 4. The molecular weight excluding hydrogens is 322 g/mol. The van der Waals surface area contributed by atoms with Crippen molar-refractivity contribution in [2.24, 2.45) is 5.41 Å². The summed E-state index contributed by atoms with van der Waals surface area (Å²) in [6.07, 6.45) is 5.14. The van der Waals surface area contributed by atoms with E-state index >= 15 is 0 Å². The molecule has 0 amide bonds. The molecule has 2 unspecified atom stereocenters. The molecule has 0 bridgehead atoms. The third-order valence-corrected chi connectivity index (χ3v) is 6.91. The molecule has 0 aromatic carbocycles. The number of fused-ring (bicyclic) bond motifs is 1. The minimum Gasteiger partial charge on any atom is -0.392 e. The van der Waals surface area contributed by atoms with Crippen molar-refractivity contribution < 1.29 is 9.84 Å². The second-order valence-electron chi connectivity index (χ2n) is 7.34. The normalized spacial score (nSPS) is 27.0. The summed E-state index contributed by atoms with van der Waals surface area (Å²) in [5, 5.41) is 10.3. The van der Waals surface area contributed by atoms with Gasteiger partial charge in [0.2, 0.25) is 0 Å². The molecule has 1 saturated heterocycles. The van der Waals surface area contributed by atoms with E-state index in [1.807, 2.05) is 6.92 Å². The van der Waals surface area contributed by atoms with Crippen LogP contribution in [0.25, 0.3) is 4.96 Å². The van der Waals surface area contributed by atoms with Gasteiger partial charge in [-0.2, -0.15) is 0 Å². The van der Waals surface area contributed by atoms with Gasteiger partial charge in [0.05, 0.1) is 23.6 Å². The quantitative estimate of drug-likeness (QED) is 0.922. The number of ether oxygens (including phenoxy) is 1. The van der Waals surface area contributed by atoms with Crippen molar-refractivity contribution in [3.63, 3.8) is 0 Å². The molecule has 2 aliphatic rings. The molecule has 4 rings (SSSR count). The molecule has 3 heterocycles. The van der Waals surface area contributed by atoms with Crippen LogP contribution in [-0.2, 0) is 11.3 Å². The van der Waals surface area contributed by atoms with Gasteiger partial charge < -0.3 is 9.84 Å². The molecule has 1 aliphatic carbocycles. The Kier molecular flexibility index (Phi) is 4.19. The van der Waals surface area contributed by atoms with Crippen LogP contribution in [0.5, 0.6) is 0 Å². The Balaban J connectivity index is 1.45. The van der Waals surface area contributed by atoms with Crippen molar-refractivity contribution in [1.82, 2.24) is 14.3 Å². The summed E-state index contributed by atoms with van der Waals surface area (Å²) in [6.45, 7) is 10.0. The third kappa shape index (κ3) is 2.51. The van der Waals surface area contributed by atoms with Crippen LogP contribution in [-0.4, -0.2) is 51.3 Å². The van der Waals surface area contributed by atoms with Crippen molar-refractivity contribution in [3.8, 4) is 0 Å². The number of imidazole rings is 1. The Morgan fingerprint density at radius 3 is 2.79 bits per heavy atom. The average Bonchev–Trinajstić information content (AvgIpc) is 3.05. The monoisotopic (exact) mass is 349 g/mol. The number of aliphatic hydroxyl groups excluding tert-OH is 1. The van der Waals surface area contributed by atoms with E-state index in [9.17, 15) is 5.11 Å². The summed E-state index contributed by atoms with van der Waals surface area (Å²) in [5.41, 5.74) is 2.45. The van der Waals surface area contributed by atoms with Crippen molar-refractivity contribution in [2.45, 2.75) is 58.8 Å². The summed E-state index contributed by atoms with van der Waals surface area (Å²) >= 11 is 1.75. The average molecular weight is 350 g/mol. The van der Waals surface area contributed by atoms with Crippen LogP contribution in [0.3, 0.4) is 0 Å². The molecule has 2 fully saturated rings. The zero-order valence-electron chi connectivity index (χ0n) is 14.8. The Hall–Kier alpha value is -0.950. The van der Waals surface area contributed by atoms with Crippen molar-refractivity contribution >= 4 is 16.3 Å². The van der Waals surface area contributed by atoms with E-state index in [-0.39, 0.29) is 17.6 Å². The molecule has 1 N–H and O–H groups in total. The number of aliphatic hydroxyl groups is 1. The van der Waals surface area contributed by atoms with Gasteiger partial charge in [-0.3, -0.25) is 9.30 Å². The van der Waals surface area contributed by atoms with Gasteiger partial charge in [0.15, 0.2) is 4.96 Å². The van der Waals surface area contributed by atoms with E-state index in [1.54, 1.807) is 11.3 Å². The van der Waals surface area contributed by atoms with Gasteiger partial charge in [0.1, 0.15) is 0 Å². The molecule has 0 radical (unpaired) electrons. The molecule has 1 saturated carbocycles. The highest BCUT2D eigenvalue weighted by atomic mass is 32.1. The Morgan fingerprint density at radius 2 is 2.12 bits per heavy atom. The van der Waals surface area contributed by atoms with Gasteiger partial charge in [0, 0.05) is 36.1 Å². The molecule has 2 aromatic heterocycles. The number of aromatic nitrogens is 2. The Bertz CT molecular complexity index is 728. The summed E-state index contributed by atoms with van der Waals surface area (Å²) in [5.74, 6) is 0. The Labute approximate surface area is 147 Å². The zero-order valence-corrected chi connectivity index (χ0v) is 15.6. The van der Waals surface area contributed by atoms with Gasteiger partial charge in [-0.25, -0.2) is 4.98 Å². The summed E-state index contributed by atoms with van der Waals surface area (Å²) in [4.78, 5) is 9.60. The third-order valence-electron chi connectivity index (χ3n) is 6.01. The number of piperidine rings is 1. The Morgan fingerprint density at radius 1 is 1.38 bits per heavy atom. The minimum atomic E-state index is -0.181.